The van der Waals surface area contributed by atoms with E-state index in [9.17, 15) is 8.78 Å². The molecule has 1 aromatic carbocycles. The third-order valence-electron chi connectivity index (χ3n) is 3.75. The number of benzene rings is 1. The molecule has 1 saturated carbocycles. The van der Waals surface area contributed by atoms with E-state index in [2.05, 4.69) is 17.1 Å². The van der Waals surface area contributed by atoms with Crippen LogP contribution in [0.3, 0.4) is 0 Å². The summed E-state index contributed by atoms with van der Waals surface area (Å²) in [7, 11) is 0. The lowest BCUT2D eigenvalue weighted by Gasteiger charge is -2.22. The summed E-state index contributed by atoms with van der Waals surface area (Å²) in [5.41, 5.74) is 0.524. The summed E-state index contributed by atoms with van der Waals surface area (Å²) in [6.45, 7) is 6.94. The molecule has 0 saturated heterocycles. The van der Waals surface area contributed by atoms with Gasteiger partial charge in [0.1, 0.15) is 11.6 Å². The van der Waals surface area contributed by atoms with Crippen LogP contribution in [0.4, 0.5) is 8.78 Å². The van der Waals surface area contributed by atoms with Gasteiger partial charge in [0, 0.05) is 36.8 Å². The Morgan fingerprint density at radius 3 is 2.68 bits per heavy atom. The zero-order valence-electron chi connectivity index (χ0n) is 11.6. The summed E-state index contributed by atoms with van der Waals surface area (Å²) in [5.74, 6) is -1.01. The van der Waals surface area contributed by atoms with Crippen molar-refractivity contribution in [3.8, 4) is 0 Å². The standard InChI is InChI=1S/C15H22F2N2/c1-3-19(13-5-6-13)9-8-18-11(2)14-7-4-12(16)10-15(14)17/h4,7,10-11,13,18H,3,5-6,8-9H2,1-2H3. The second-order valence-electron chi connectivity index (χ2n) is 5.20. The van der Waals surface area contributed by atoms with Gasteiger partial charge < -0.3 is 5.32 Å². The minimum atomic E-state index is -0.528. The van der Waals surface area contributed by atoms with Gasteiger partial charge in [-0.25, -0.2) is 8.78 Å². The summed E-state index contributed by atoms with van der Waals surface area (Å²) < 4.78 is 26.4. The third kappa shape index (κ3) is 3.98. The highest BCUT2D eigenvalue weighted by Gasteiger charge is 2.27. The lowest BCUT2D eigenvalue weighted by atomic mass is 10.1. The van der Waals surface area contributed by atoms with E-state index in [-0.39, 0.29) is 6.04 Å². The van der Waals surface area contributed by atoms with Crippen molar-refractivity contribution in [2.75, 3.05) is 19.6 Å². The van der Waals surface area contributed by atoms with Gasteiger partial charge in [-0.2, -0.15) is 0 Å². The van der Waals surface area contributed by atoms with E-state index in [0.717, 1.165) is 31.7 Å². The fourth-order valence-corrected chi connectivity index (χ4v) is 2.43. The Labute approximate surface area is 113 Å². The van der Waals surface area contributed by atoms with Crippen LogP contribution in [0.2, 0.25) is 0 Å². The largest absolute Gasteiger partial charge is 0.309 e. The van der Waals surface area contributed by atoms with E-state index >= 15 is 0 Å². The maximum atomic E-state index is 13.6. The number of likely N-dealkylation sites (N-methyl/N-ethyl adjacent to an activating group) is 1. The molecule has 1 aliphatic carbocycles. The molecule has 0 radical (unpaired) electrons. The molecule has 0 spiro atoms. The second-order valence-corrected chi connectivity index (χ2v) is 5.20. The van der Waals surface area contributed by atoms with Crippen molar-refractivity contribution < 1.29 is 8.78 Å². The Morgan fingerprint density at radius 1 is 1.37 bits per heavy atom. The molecular weight excluding hydrogens is 246 g/mol. The molecule has 2 rings (SSSR count). The Morgan fingerprint density at radius 2 is 2.11 bits per heavy atom. The first-order valence-corrected chi connectivity index (χ1v) is 7.04. The number of halogens is 2. The summed E-state index contributed by atoms with van der Waals surface area (Å²) in [6, 6.07) is 4.42. The van der Waals surface area contributed by atoms with Gasteiger partial charge in [-0.05, 0) is 32.4 Å². The van der Waals surface area contributed by atoms with Crippen LogP contribution in [0, 0.1) is 11.6 Å². The molecule has 1 aliphatic rings. The number of hydrogen-bond donors (Lipinski definition) is 1. The summed E-state index contributed by atoms with van der Waals surface area (Å²) in [4.78, 5) is 2.45. The minimum absolute atomic E-state index is 0.0986. The van der Waals surface area contributed by atoms with Gasteiger partial charge in [-0.15, -0.1) is 0 Å². The summed E-state index contributed by atoms with van der Waals surface area (Å²) in [5, 5.41) is 3.30. The van der Waals surface area contributed by atoms with Crippen molar-refractivity contribution in [1.82, 2.24) is 10.2 Å². The normalized spacial score (nSPS) is 16.9. The van der Waals surface area contributed by atoms with Crippen LogP contribution in [0.25, 0.3) is 0 Å². The van der Waals surface area contributed by atoms with Crippen LogP contribution in [0.15, 0.2) is 18.2 Å². The Bertz CT molecular complexity index is 419. The molecule has 0 bridgehead atoms. The van der Waals surface area contributed by atoms with E-state index in [1.54, 1.807) is 0 Å². The molecule has 1 N–H and O–H groups in total. The van der Waals surface area contributed by atoms with Gasteiger partial charge in [0.05, 0.1) is 0 Å². The zero-order valence-corrected chi connectivity index (χ0v) is 11.6. The van der Waals surface area contributed by atoms with E-state index < -0.39 is 11.6 Å². The van der Waals surface area contributed by atoms with Crippen LogP contribution in [0.5, 0.6) is 0 Å². The molecule has 2 nitrogen and oxygen atoms in total. The van der Waals surface area contributed by atoms with Crippen molar-refractivity contribution in [3.05, 3.63) is 35.4 Å². The minimum Gasteiger partial charge on any atom is -0.309 e. The van der Waals surface area contributed by atoms with Gasteiger partial charge in [-0.1, -0.05) is 13.0 Å². The molecule has 0 heterocycles. The molecule has 106 valence electrons. The fourth-order valence-electron chi connectivity index (χ4n) is 2.43. The van der Waals surface area contributed by atoms with E-state index in [1.807, 2.05) is 6.92 Å². The molecule has 1 atom stereocenters. The molecule has 4 heteroatoms. The maximum absolute atomic E-state index is 13.6. The number of rotatable bonds is 7. The Balaban J connectivity index is 1.81. The second kappa shape index (κ2) is 6.44. The summed E-state index contributed by atoms with van der Waals surface area (Å²) >= 11 is 0. The topological polar surface area (TPSA) is 15.3 Å². The number of nitrogens with one attached hydrogen (secondary N) is 1. The SMILES string of the molecule is CCN(CCNC(C)c1ccc(F)cc1F)C1CC1. The molecule has 0 aromatic heterocycles. The van der Waals surface area contributed by atoms with E-state index in [0.29, 0.717) is 5.56 Å². The molecule has 19 heavy (non-hydrogen) atoms. The molecule has 1 fully saturated rings. The van der Waals surface area contributed by atoms with Crippen LogP contribution in [-0.4, -0.2) is 30.6 Å². The average Bonchev–Trinajstić information content (AvgIpc) is 3.18. The van der Waals surface area contributed by atoms with Crippen molar-refractivity contribution in [2.24, 2.45) is 0 Å². The Hall–Kier alpha value is -1.00. The first kappa shape index (κ1) is 14.4. The maximum Gasteiger partial charge on any atom is 0.130 e. The van der Waals surface area contributed by atoms with Crippen molar-refractivity contribution in [2.45, 2.75) is 38.8 Å². The molecule has 1 aromatic rings. The number of hydrogen-bond acceptors (Lipinski definition) is 2. The van der Waals surface area contributed by atoms with Gasteiger partial charge >= 0.3 is 0 Å². The van der Waals surface area contributed by atoms with Crippen LogP contribution in [-0.2, 0) is 0 Å². The van der Waals surface area contributed by atoms with Crippen LogP contribution in [0.1, 0.15) is 38.3 Å². The third-order valence-corrected chi connectivity index (χ3v) is 3.75. The zero-order chi connectivity index (χ0) is 13.8. The highest BCUT2D eigenvalue weighted by atomic mass is 19.1. The van der Waals surface area contributed by atoms with Gasteiger partial charge in [0.25, 0.3) is 0 Å². The first-order valence-electron chi connectivity index (χ1n) is 7.04. The monoisotopic (exact) mass is 268 g/mol. The van der Waals surface area contributed by atoms with Gasteiger partial charge in [0.2, 0.25) is 0 Å². The molecule has 1 unspecified atom stereocenters. The quantitative estimate of drug-likeness (QED) is 0.817. The van der Waals surface area contributed by atoms with E-state index in [1.165, 1.54) is 25.0 Å². The lowest BCUT2D eigenvalue weighted by Crippen LogP contribution is -2.34. The smallest absolute Gasteiger partial charge is 0.130 e. The predicted molar refractivity (Wildman–Crippen MR) is 73.0 cm³/mol. The first-order chi connectivity index (χ1) is 9.11. The fraction of sp³-hybridized carbons (Fsp3) is 0.600. The highest BCUT2D eigenvalue weighted by molar-refractivity contribution is 5.21. The highest BCUT2D eigenvalue weighted by Crippen LogP contribution is 2.26. The van der Waals surface area contributed by atoms with Crippen LogP contribution < -0.4 is 5.32 Å². The molecular formula is C15H22F2N2. The predicted octanol–water partition coefficient (Wildman–Crippen LogP) is 3.10. The van der Waals surface area contributed by atoms with E-state index in [4.69, 9.17) is 0 Å². The van der Waals surface area contributed by atoms with Crippen molar-refractivity contribution in [3.63, 3.8) is 0 Å². The van der Waals surface area contributed by atoms with Crippen molar-refractivity contribution in [1.29, 1.82) is 0 Å². The Kier molecular flexibility index (Phi) is 4.88. The van der Waals surface area contributed by atoms with Crippen molar-refractivity contribution >= 4 is 0 Å². The number of nitrogens with zero attached hydrogens (tertiary/aromatic N) is 1. The van der Waals surface area contributed by atoms with Gasteiger partial charge in [0.15, 0.2) is 0 Å². The molecule has 0 aliphatic heterocycles. The summed E-state index contributed by atoms with van der Waals surface area (Å²) in [6.07, 6.45) is 2.60. The van der Waals surface area contributed by atoms with Gasteiger partial charge in [-0.3, -0.25) is 4.90 Å². The van der Waals surface area contributed by atoms with Crippen LogP contribution >= 0.6 is 0 Å². The lowest BCUT2D eigenvalue weighted by molar-refractivity contribution is 0.273. The molecule has 0 amide bonds. The average molecular weight is 268 g/mol.